The van der Waals surface area contributed by atoms with Gasteiger partial charge in [-0.15, -0.1) is 0 Å². The van der Waals surface area contributed by atoms with E-state index in [9.17, 15) is 14.7 Å². The first-order valence-electron chi connectivity index (χ1n) is 11.4. The molecule has 4 rings (SSSR count). The van der Waals surface area contributed by atoms with Crippen molar-refractivity contribution in [1.82, 2.24) is 20.1 Å². The van der Waals surface area contributed by atoms with E-state index in [0.717, 1.165) is 41.7 Å². The zero-order valence-corrected chi connectivity index (χ0v) is 19.9. The van der Waals surface area contributed by atoms with Gasteiger partial charge in [-0.2, -0.15) is 0 Å². The Bertz CT molecular complexity index is 1010. The van der Waals surface area contributed by atoms with Gasteiger partial charge in [0, 0.05) is 42.8 Å². The summed E-state index contributed by atoms with van der Waals surface area (Å²) in [6.45, 7) is 8.19. The monoisotopic (exact) mass is 459 g/mol. The van der Waals surface area contributed by atoms with Crippen LogP contribution in [0.5, 0.6) is 0 Å². The average molecular weight is 460 g/mol. The third-order valence-corrected chi connectivity index (χ3v) is 7.48. The number of aryl methyl sites for hydroxylation is 1. The maximum absolute atomic E-state index is 13.3. The third-order valence-electron chi connectivity index (χ3n) is 6.55. The number of nitrogens with one attached hydrogen (secondary N) is 1. The van der Waals surface area contributed by atoms with Crippen molar-refractivity contribution in [2.24, 2.45) is 0 Å². The number of thiophene rings is 1. The fourth-order valence-electron chi connectivity index (χ4n) is 4.86. The summed E-state index contributed by atoms with van der Waals surface area (Å²) >= 11 is 1.36. The molecule has 2 aromatic rings. The van der Waals surface area contributed by atoms with Crippen LogP contribution < -0.4 is 11.1 Å². The van der Waals surface area contributed by atoms with Crippen molar-refractivity contribution in [1.29, 1.82) is 0 Å². The van der Waals surface area contributed by atoms with Crippen LogP contribution in [-0.4, -0.2) is 75.6 Å². The van der Waals surface area contributed by atoms with E-state index in [1.807, 2.05) is 37.8 Å². The van der Waals surface area contributed by atoms with Gasteiger partial charge in [0.15, 0.2) is 5.60 Å². The number of aromatic nitrogens is 1. The third kappa shape index (κ3) is 4.46. The predicted octanol–water partition coefficient (Wildman–Crippen LogP) is 2.14. The molecule has 2 aromatic heterocycles. The fraction of sp³-hybridized carbons (Fsp3) is 0.609. The maximum atomic E-state index is 13.3. The number of amides is 2. The molecule has 4 heterocycles. The Labute approximate surface area is 192 Å². The predicted molar refractivity (Wildman–Crippen MR) is 127 cm³/mol. The Morgan fingerprint density at radius 3 is 2.69 bits per heavy atom. The number of pyridine rings is 1. The van der Waals surface area contributed by atoms with E-state index < -0.39 is 5.60 Å². The Balaban J connectivity index is 1.41. The maximum Gasteiger partial charge on any atom is 0.257 e. The number of nitrogens with zero attached hydrogens (tertiary/aromatic N) is 3. The van der Waals surface area contributed by atoms with Gasteiger partial charge in [0.05, 0.1) is 5.56 Å². The minimum absolute atomic E-state index is 0.00381. The van der Waals surface area contributed by atoms with Gasteiger partial charge in [-0.3, -0.25) is 14.5 Å². The van der Waals surface area contributed by atoms with Crippen molar-refractivity contribution in [3.05, 3.63) is 23.4 Å². The van der Waals surface area contributed by atoms with Crippen LogP contribution in [-0.2, 0) is 4.79 Å². The molecule has 32 heavy (non-hydrogen) atoms. The number of likely N-dealkylation sites (tertiary alicyclic amines) is 2. The first kappa shape index (κ1) is 22.9. The summed E-state index contributed by atoms with van der Waals surface area (Å²) in [5.41, 5.74) is 6.33. The van der Waals surface area contributed by atoms with E-state index in [4.69, 9.17) is 5.73 Å². The second-order valence-corrected chi connectivity index (χ2v) is 10.4. The smallest absolute Gasteiger partial charge is 0.257 e. The molecule has 2 aliphatic heterocycles. The van der Waals surface area contributed by atoms with Crippen LogP contribution in [0.25, 0.3) is 10.2 Å². The molecule has 0 radical (unpaired) electrons. The molecule has 2 fully saturated rings. The average Bonchev–Trinajstić information content (AvgIpc) is 3.07. The number of piperidine rings is 2. The topological polar surface area (TPSA) is 112 Å². The van der Waals surface area contributed by atoms with Gasteiger partial charge < -0.3 is 21.1 Å². The minimum atomic E-state index is -1.34. The van der Waals surface area contributed by atoms with Gasteiger partial charge in [-0.25, -0.2) is 4.98 Å². The highest BCUT2D eigenvalue weighted by Crippen LogP contribution is 2.34. The normalized spacial score (nSPS) is 23.1. The molecule has 0 spiro atoms. The molecule has 0 aliphatic carbocycles. The number of β-amino-alcohol motifs (C(OH)–C–C–N with tert-alkyl or cyclic N) is 1. The van der Waals surface area contributed by atoms with Crippen LogP contribution in [0.2, 0.25) is 0 Å². The molecule has 1 atom stereocenters. The molecular weight excluding hydrogens is 426 g/mol. The van der Waals surface area contributed by atoms with E-state index in [-0.39, 0.29) is 23.9 Å². The van der Waals surface area contributed by atoms with Crippen LogP contribution in [0.1, 0.15) is 55.6 Å². The molecular formula is C23H33N5O3S. The minimum Gasteiger partial charge on any atom is -0.390 e. The van der Waals surface area contributed by atoms with Crippen molar-refractivity contribution >= 4 is 38.4 Å². The van der Waals surface area contributed by atoms with Crippen LogP contribution >= 0.6 is 11.3 Å². The molecule has 0 saturated carbocycles. The fourth-order valence-corrected chi connectivity index (χ4v) is 5.84. The first-order chi connectivity index (χ1) is 15.2. The summed E-state index contributed by atoms with van der Waals surface area (Å²) in [6.07, 6.45) is 2.89. The van der Waals surface area contributed by atoms with Crippen molar-refractivity contribution in [2.75, 3.05) is 31.9 Å². The van der Waals surface area contributed by atoms with Gasteiger partial charge in [0.2, 0.25) is 0 Å². The number of nitrogen functional groups attached to an aromatic ring is 1. The number of rotatable bonds is 4. The van der Waals surface area contributed by atoms with Crippen LogP contribution in [0, 0.1) is 6.92 Å². The van der Waals surface area contributed by atoms with Gasteiger partial charge in [0.1, 0.15) is 9.83 Å². The molecule has 4 N–H and O–H groups in total. The Morgan fingerprint density at radius 1 is 1.28 bits per heavy atom. The zero-order chi connectivity index (χ0) is 23.0. The van der Waals surface area contributed by atoms with E-state index >= 15 is 0 Å². The summed E-state index contributed by atoms with van der Waals surface area (Å²) < 4.78 is 0. The van der Waals surface area contributed by atoms with Crippen LogP contribution in [0.4, 0.5) is 5.00 Å². The summed E-state index contributed by atoms with van der Waals surface area (Å²) in [5.74, 6) is -0.321. The number of carbonyl (C=O) groups is 2. The first-order valence-corrected chi connectivity index (χ1v) is 12.2. The second kappa shape index (κ2) is 8.96. The standard InChI is InChI=1S/C23H33N5O3S/c1-14(2)25-22(30)23(31)9-4-10-28(13-23)16-7-11-27(12-8-16)21(29)18-17-6-5-15(3)26-20(17)32-19(18)24/h5-6,14,16,31H,4,7-13,24H2,1-3H3,(H,25,30). The largest absolute Gasteiger partial charge is 0.390 e. The van der Waals surface area contributed by atoms with Gasteiger partial charge in [0.25, 0.3) is 11.8 Å². The van der Waals surface area contributed by atoms with Crippen molar-refractivity contribution in [3.63, 3.8) is 0 Å². The summed E-state index contributed by atoms with van der Waals surface area (Å²) in [5, 5.41) is 15.2. The number of anilines is 1. The number of fused-ring (bicyclic) bond motifs is 1. The SMILES string of the molecule is Cc1ccc2c(C(=O)N3CCC(N4CCCC(O)(C(=O)NC(C)C)C4)CC3)c(N)sc2n1. The highest BCUT2D eigenvalue weighted by molar-refractivity contribution is 7.22. The van der Waals surface area contributed by atoms with Gasteiger partial charge in [-0.1, -0.05) is 11.3 Å². The van der Waals surface area contributed by atoms with Crippen molar-refractivity contribution in [3.8, 4) is 0 Å². The lowest BCUT2D eigenvalue weighted by Crippen LogP contribution is -2.60. The molecule has 2 amide bonds. The Kier molecular flexibility index (Phi) is 6.42. The highest BCUT2D eigenvalue weighted by atomic mass is 32.1. The number of hydrogen-bond acceptors (Lipinski definition) is 7. The van der Waals surface area contributed by atoms with E-state index in [0.29, 0.717) is 36.6 Å². The second-order valence-electron chi connectivity index (χ2n) is 9.40. The van der Waals surface area contributed by atoms with Crippen LogP contribution in [0.15, 0.2) is 12.1 Å². The van der Waals surface area contributed by atoms with E-state index in [2.05, 4.69) is 15.2 Å². The van der Waals surface area contributed by atoms with Gasteiger partial charge >= 0.3 is 0 Å². The lowest BCUT2D eigenvalue weighted by atomic mass is 9.89. The summed E-state index contributed by atoms with van der Waals surface area (Å²) in [4.78, 5) is 35.2. The number of hydrogen-bond donors (Lipinski definition) is 3. The Morgan fingerprint density at radius 2 is 2.00 bits per heavy atom. The quantitative estimate of drug-likeness (QED) is 0.646. The van der Waals surface area contributed by atoms with E-state index in [1.165, 1.54) is 11.3 Å². The number of aliphatic hydroxyl groups is 1. The molecule has 9 heteroatoms. The number of nitrogens with two attached hydrogens (primary N) is 1. The summed E-state index contributed by atoms with van der Waals surface area (Å²) in [6, 6.07) is 4.08. The lowest BCUT2D eigenvalue weighted by molar-refractivity contribution is -0.147. The molecule has 0 bridgehead atoms. The van der Waals surface area contributed by atoms with Gasteiger partial charge in [-0.05, 0) is 65.1 Å². The van der Waals surface area contributed by atoms with E-state index in [1.54, 1.807) is 0 Å². The lowest BCUT2D eigenvalue weighted by Gasteiger charge is -2.44. The Hall–Kier alpha value is -2.23. The molecule has 8 nitrogen and oxygen atoms in total. The molecule has 1 unspecified atom stereocenters. The zero-order valence-electron chi connectivity index (χ0n) is 19.1. The highest BCUT2D eigenvalue weighted by Gasteiger charge is 2.42. The molecule has 174 valence electrons. The number of carbonyl (C=O) groups excluding carboxylic acids is 2. The molecule has 0 aromatic carbocycles. The summed E-state index contributed by atoms with van der Waals surface area (Å²) in [7, 11) is 0. The molecule has 2 saturated heterocycles. The van der Waals surface area contributed by atoms with Crippen molar-refractivity contribution < 1.29 is 14.7 Å². The van der Waals surface area contributed by atoms with Crippen molar-refractivity contribution in [2.45, 2.75) is 64.1 Å². The molecule has 2 aliphatic rings. The van der Waals surface area contributed by atoms with Crippen LogP contribution in [0.3, 0.4) is 0 Å².